The number of amides is 1. The number of aromatic nitrogens is 1. The molecule has 1 aromatic rings. The lowest BCUT2D eigenvalue weighted by Gasteiger charge is -2.31. The third-order valence-corrected chi connectivity index (χ3v) is 3.39. The number of likely N-dealkylation sites (tertiary alicyclic amines) is 1. The van der Waals surface area contributed by atoms with Gasteiger partial charge in [-0.15, -0.1) is 0 Å². The number of likely N-dealkylation sites (N-methyl/N-ethyl adjacent to an activating group) is 1. The fourth-order valence-corrected chi connectivity index (χ4v) is 2.29. The fraction of sp³-hybridized carbons (Fsp3) is 0.538. The van der Waals surface area contributed by atoms with Gasteiger partial charge in [0, 0.05) is 5.69 Å². The average molecular weight is 249 g/mol. The molecule has 0 unspecified atom stereocenters. The molecule has 1 aromatic heterocycles. The number of pyridine rings is 1. The third-order valence-electron chi connectivity index (χ3n) is 3.39. The minimum Gasteiger partial charge on any atom is -0.325 e. The molecule has 98 valence electrons. The Hall–Kier alpha value is -1.62. The Bertz CT molecular complexity index is 495. The summed E-state index contributed by atoms with van der Waals surface area (Å²) in [6, 6.07) is 3.30. The molecule has 18 heavy (non-hydrogen) atoms. The number of carbonyl (C=O) groups excluding carboxylic acids is 1. The Morgan fingerprint density at radius 1 is 1.44 bits per heavy atom. The molecule has 0 aliphatic carbocycles. The largest absolute Gasteiger partial charge is 0.325 e. The minimum atomic E-state index is -0.248. The number of piperidine rings is 1. The molecular formula is C13H19N3O2. The van der Waals surface area contributed by atoms with Gasteiger partial charge < -0.3 is 10.3 Å². The molecule has 1 fully saturated rings. The van der Waals surface area contributed by atoms with Crippen molar-refractivity contribution in [3.05, 3.63) is 28.2 Å². The van der Waals surface area contributed by atoms with E-state index in [1.165, 1.54) is 0 Å². The van der Waals surface area contributed by atoms with E-state index in [1.807, 2.05) is 18.9 Å². The summed E-state index contributed by atoms with van der Waals surface area (Å²) in [6.07, 6.45) is 3.05. The van der Waals surface area contributed by atoms with Crippen LogP contribution < -0.4 is 10.9 Å². The zero-order valence-corrected chi connectivity index (χ0v) is 10.8. The standard InChI is InChI=1S/C13H19N3O2/c1-9-6-7-10(12(17)14-9)15-13(18)11-5-3-4-8-16(11)2/h6-7,11H,3-5,8H2,1-2H3,(H,14,17)(H,15,18)/t11-/m0/s1. The molecular weight excluding hydrogens is 230 g/mol. The summed E-state index contributed by atoms with van der Waals surface area (Å²) in [5.74, 6) is -0.0912. The van der Waals surface area contributed by atoms with Crippen LogP contribution in [0.25, 0.3) is 0 Å². The van der Waals surface area contributed by atoms with E-state index in [-0.39, 0.29) is 17.5 Å². The van der Waals surface area contributed by atoms with Gasteiger partial charge in [-0.25, -0.2) is 0 Å². The second-order valence-corrected chi connectivity index (χ2v) is 4.87. The van der Waals surface area contributed by atoms with Crippen LogP contribution in [0.2, 0.25) is 0 Å². The highest BCUT2D eigenvalue weighted by molar-refractivity contribution is 5.94. The summed E-state index contributed by atoms with van der Waals surface area (Å²) in [4.78, 5) is 28.5. The average Bonchev–Trinajstić information content (AvgIpc) is 2.33. The molecule has 2 N–H and O–H groups in total. The van der Waals surface area contributed by atoms with Crippen LogP contribution in [0.3, 0.4) is 0 Å². The Labute approximate surface area is 106 Å². The Morgan fingerprint density at radius 2 is 2.22 bits per heavy atom. The van der Waals surface area contributed by atoms with Crippen LogP contribution in [0.1, 0.15) is 25.0 Å². The monoisotopic (exact) mass is 249 g/mol. The van der Waals surface area contributed by atoms with Crippen molar-refractivity contribution in [3.63, 3.8) is 0 Å². The molecule has 5 heteroatoms. The van der Waals surface area contributed by atoms with Gasteiger partial charge >= 0.3 is 0 Å². The van der Waals surface area contributed by atoms with Crippen LogP contribution in [0, 0.1) is 6.92 Å². The van der Waals surface area contributed by atoms with Crippen molar-refractivity contribution in [1.82, 2.24) is 9.88 Å². The van der Waals surface area contributed by atoms with Gasteiger partial charge in [0.2, 0.25) is 5.91 Å². The highest BCUT2D eigenvalue weighted by Crippen LogP contribution is 2.16. The van der Waals surface area contributed by atoms with E-state index in [9.17, 15) is 9.59 Å². The number of rotatable bonds is 2. The van der Waals surface area contributed by atoms with E-state index >= 15 is 0 Å². The first-order valence-electron chi connectivity index (χ1n) is 6.29. The molecule has 0 spiro atoms. The quantitative estimate of drug-likeness (QED) is 0.825. The lowest BCUT2D eigenvalue weighted by atomic mass is 10.0. The molecule has 1 atom stereocenters. The van der Waals surface area contributed by atoms with Crippen LogP contribution in [-0.2, 0) is 4.79 Å². The van der Waals surface area contributed by atoms with Crippen LogP contribution in [0.5, 0.6) is 0 Å². The second kappa shape index (κ2) is 5.35. The summed E-state index contributed by atoms with van der Waals surface area (Å²) < 4.78 is 0. The number of aryl methyl sites for hydroxylation is 1. The van der Waals surface area contributed by atoms with Crippen LogP contribution >= 0.6 is 0 Å². The molecule has 2 rings (SSSR count). The fourth-order valence-electron chi connectivity index (χ4n) is 2.29. The number of hydrogen-bond donors (Lipinski definition) is 2. The summed E-state index contributed by atoms with van der Waals surface area (Å²) in [7, 11) is 1.95. The molecule has 1 aliphatic rings. The van der Waals surface area contributed by atoms with Crippen molar-refractivity contribution in [2.45, 2.75) is 32.2 Å². The van der Waals surface area contributed by atoms with Crippen molar-refractivity contribution in [3.8, 4) is 0 Å². The Kier molecular flexibility index (Phi) is 3.81. The van der Waals surface area contributed by atoms with Gasteiger partial charge in [0.05, 0.1) is 6.04 Å². The molecule has 2 heterocycles. The Morgan fingerprint density at radius 3 is 2.89 bits per heavy atom. The van der Waals surface area contributed by atoms with E-state index < -0.39 is 0 Å². The highest BCUT2D eigenvalue weighted by Gasteiger charge is 2.26. The van der Waals surface area contributed by atoms with Crippen LogP contribution in [0.15, 0.2) is 16.9 Å². The lowest BCUT2D eigenvalue weighted by Crippen LogP contribution is -2.45. The molecule has 1 saturated heterocycles. The number of carbonyl (C=O) groups is 1. The van der Waals surface area contributed by atoms with Crippen molar-refractivity contribution in [1.29, 1.82) is 0 Å². The van der Waals surface area contributed by atoms with E-state index in [0.717, 1.165) is 31.5 Å². The van der Waals surface area contributed by atoms with E-state index in [1.54, 1.807) is 12.1 Å². The maximum Gasteiger partial charge on any atom is 0.271 e. The topological polar surface area (TPSA) is 65.2 Å². The third kappa shape index (κ3) is 2.79. The summed E-state index contributed by atoms with van der Waals surface area (Å²) in [5, 5.41) is 2.71. The summed E-state index contributed by atoms with van der Waals surface area (Å²) in [6.45, 7) is 2.74. The van der Waals surface area contributed by atoms with Gasteiger partial charge in [-0.2, -0.15) is 0 Å². The van der Waals surface area contributed by atoms with Gasteiger partial charge in [0.1, 0.15) is 5.69 Å². The van der Waals surface area contributed by atoms with Crippen molar-refractivity contribution in [2.24, 2.45) is 0 Å². The first-order chi connectivity index (χ1) is 8.58. The summed E-state index contributed by atoms with van der Waals surface area (Å²) >= 11 is 0. The number of anilines is 1. The number of aromatic amines is 1. The minimum absolute atomic E-state index is 0.0912. The SMILES string of the molecule is Cc1ccc(NC(=O)[C@@H]2CCCCN2C)c(=O)[nH]1. The van der Waals surface area contributed by atoms with E-state index in [0.29, 0.717) is 5.69 Å². The smallest absolute Gasteiger partial charge is 0.271 e. The van der Waals surface area contributed by atoms with Gasteiger partial charge in [-0.3, -0.25) is 14.5 Å². The maximum atomic E-state index is 12.1. The van der Waals surface area contributed by atoms with Gasteiger partial charge in [0.25, 0.3) is 5.56 Å². The first kappa shape index (κ1) is 12.8. The molecule has 0 bridgehead atoms. The normalized spacial score (nSPS) is 20.7. The zero-order valence-electron chi connectivity index (χ0n) is 10.8. The first-order valence-corrected chi connectivity index (χ1v) is 6.29. The van der Waals surface area contributed by atoms with E-state index in [2.05, 4.69) is 10.3 Å². The number of hydrogen-bond acceptors (Lipinski definition) is 3. The molecule has 1 aliphatic heterocycles. The molecule has 0 radical (unpaired) electrons. The van der Waals surface area contributed by atoms with Gasteiger partial charge in [-0.1, -0.05) is 6.42 Å². The van der Waals surface area contributed by atoms with Crippen LogP contribution in [-0.4, -0.2) is 35.4 Å². The molecule has 5 nitrogen and oxygen atoms in total. The Balaban J connectivity index is 2.08. The maximum absolute atomic E-state index is 12.1. The summed E-state index contributed by atoms with van der Waals surface area (Å²) in [5.41, 5.74) is 0.860. The molecule has 0 aromatic carbocycles. The predicted octanol–water partition coefficient (Wildman–Crippen LogP) is 1.11. The number of H-pyrrole nitrogens is 1. The van der Waals surface area contributed by atoms with Gasteiger partial charge in [0.15, 0.2) is 0 Å². The van der Waals surface area contributed by atoms with Crippen LogP contribution in [0.4, 0.5) is 5.69 Å². The van der Waals surface area contributed by atoms with Crippen molar-refractivity contribution in [2.75, 3.05) is 18.9 Å². The number of nitrogens with zero attached hydrogens (tertiary/aromatic N) is 1. The van der Waals surface area contributed by atoms with Crippen molar-refractivity contribution >= 4 is 11.6 Å². The van der Waals surface area contributed by atoms with E-state index in [4.69, 9.17) is 0 Å². The van der Waals surface area contributed by atoms with Crippen molar-refractivity contribution < 1.29 is 4.79 Å². The highest BCUT2D eigenvalue weighted by atomic mass is 16.2. The predicted molar refractivity (Wildman–Crippen MR) is 70.7 cm³/mol. The molecule has 0 saturated carbocycles. The molecule has 1 amide bonds. The number of nitrogens with one attached hydrogen (secondary N) is 2. The zero-order chi connectivity index (χ0) is 13.1. The lowest BCUT2D eigenvalue weighted by molar-refractivity contribution is -0.121. The van der Waals surface area contributed by atoms with Gasteiger partial charge in [-0.05, 0) is 45.5 Å². The second-order valence-electron chi connectivity index (χ2n) is 4.87.